The van der Waals surface area contributed by atoms with Gasteiger partial charge in [0, 0.05) is 29.9 Å². The van der Waals surface area contributed by atoms with Gasteiger partial charge in [0.15, 0.2) is 15.0 Å². The Bertz CT molecular complexity index is 1140. The van der Waals surface area contributed by atoms with Crippen LogP contribution in [0.15, 0.2) is 52.7 Å². The van der Waals surface area contributed by atoms with E-state index in [0.29, 0.717) is 42.3 Å². The average molecular weight is 485 g/mol. The fourth-order valence-electron chi connectivity index (χ4n) is 3.56. The van der Waals surface area contributed by atoms with Crippen molar-refractivity contribution in [3.63, 3.8) is 0 Å². The molecule has 0 unspecified atom stereocenters. The van der Waals surface area contributed by atoms with Crippen LogP contribution in [0.2, 0.25) is 10.0 Å². The van der Waals surface area contributed by atoms with E-state index in [1.807, 2.05) is 5.38 Å². The molecule has 4 rings (SSSR count). The zero-order valence-corrected chi connectivity index (χ0v) is 19.0. The predicted octanol–water partition coefficient (Wildman–Crippen LogP) is 5.62. The molecule has 0 bridgehead atoms. The summed E-state index contributed by atoms with van der Waals surface area (Å²) in [4.78, 5) is 7.12. The lowest BCUT2D eigenvalue weighted by atomic mass is 10.1. The van der Waals surface area contributed by atoms with Crippen LogP contribution in [0.5, 0.6) is 0 Å². The van der Waals surface area contributed by atoms with E-state index in [1.165, 1.54) is 17.4 Å². The number of thiazole rings is 1. The highest BCUT2D eigenvalue weighted by molar-refractivity contribution is 7.92. The molecule has 30 heavy (non-hydrogen) atoms. The van der Waals surface area contributed by atoms with Crippen LogP contribution in [0.3, 0.4) is 0 Å². The van der Waals surface area contributed by atoms with E-state index < -0.39 is 20.9 Å². The highest BCUT2D eigenvalue weighted by Gasteiger charge is 2.32. The van der Waals surface area contributed by atoms with Gasteiger partial charge in [-0.25, -0.2) is 17.8 Å². The molecule has 0 atom stereocenters. The van der Waals surface area contributed by atoms with Crippen molar-refractivity contribution >= 4 is 49.5 Å². The van der Waals surface area contributed by atoms with Gasteiger partial charge in [-0.15, -0.1) is 11.3 Å². The quantitative estimate of drug-likeness (QED) is 0.471. The number of nitrogens with zero attached hydrogens (tertiary/aromatic N) is 2. The van der Waals surface area contributed by atoms with Crippen LogP contribution in [0.25, 0.3) is 0 Å². The topological polar surface area (TPSA) is 50.3 Å². The summed E-state index contributed by atoms with van der Waals surface area (Å²) in [6.45, 7) is 1.26. The predicted molar refractivity (Wildman–Crippen MR) is 120 cm³/mol. The van der Waals surface area contributed by atoms with Gasteiger partial charge in [-0.1, -0.05) is 29.3 Å². The second kappa shape index (κ2) is 8.83. The number of aromatic nitrogens is 1. The number of hydrogen-bond donors (Lipinski definition) is 0. The normalized spacial score (nSPS) is 15.5. The Morgan fingerprint density at radius 1 is 1.10 bits per heavy atom. The molecule has 1 aliphatic heterocycles. The van der Waals surface area contributed by atoms with E-state index in [-0.39, 0.29) is 5.02 Å². The monoisotopic (exact) mass is 484 g/mol. The van der Waals surface area contributed by atoms with Crippen LogP contribution in [-0.2, 0) is 16.3 Å². The van der Waals surface area contributed by atoms with E-state index >= 15 is 0 Å². The third-order valence-corrected chi connectivity index (χ3v) is 8.97. The number of anilines is 1. The number of piperidine rings is 1. The van der Waals surface area contributed by atoms with Crippen molar-refractivity contribution in [3.8, 4) is 0 Å². The van der Waals surface area contributed by atoms with Crippen LogP contribution in [0.1, 0.15) is 24.1 Å². The van der Waals surface area contributed by atoms with E-state index in [0.717, 1.165) is 16.4 Å². The fraction of sp³-hybridized carbons (Fsp3) is 0.286. The molecule has 2 heterocycles. The summed E-state index contributed by atoms with van der Waals surface area (Å²) in [6.07, 6.45) is 1.67. The average Bonchev–Trinajstić information content (AvgIpc) is 3.20. The molecule has 1 aromatic heterocycles. The summed E-state index contributed by atoms with van der Waals surface area (Å²) in [5.41, 5.74) is 1.78. The van der Waals surface area contributed by atoms with Gasteiger partial charge < -0.3 is 4.90 Å². The molecule has 4 nitrogen and oxygen atoms in total. The molecular formula is C21H19Cl2FN2O2S2. The third kappa shape index (κ3) is 4.64. The van der Waals surface area contributed by atoms with Crippen LogP contribution in [-0.4, -0.2) is 31.7 Å². The molecule has 0 aliphatic carbocycles. The molecule has 1 saturated heterocycles. The van der Waals surface area contributed by atoms with Crippen molar-refractivity contribution in [2.75, 3.05) is 18.0 Å². The molecule has 1 fully saturated rings. The van der Waals surface area contributed by atoms with Crippen molar-refractivity contribution in [2.24, 2.45) is 0 Å². The third-order valence-electron chi connectivity index (χ3n) is 5.20. The van der Waals surface area contributed by atoms with Gasteiger partial charge in [-0.2, -0.15) is 0 Å². The van der Waals surface area contributed by atoms with Crippen LogP contribution in [0.4, 0.5) is 9.52 Å². The molecule has 9 heteroatoms. The molecule has 0 N–H and O–H groups in total. The Kier molecular flexibility index (Phi) is 6.34. The van der Waals surface area contributed by atoms with Crippen molar-refractivity contribution in [1.82, 2.24) is 4.98 Å². The van der Waals surface area contributed by atoms with Gasteiger partial charge in [0.25, 0.3) is 0 Å². The van der Waals surface area contributed by atoms with Gasteiger partial charge in [0.05, 0.1) is 20.9 Å². The standard InChI is InChI=1S/C21H19Cl2FN2O2S2/c22-15-2-4-17(5-3-15)30(27,28)18-7-9-26(10-8-18)21-25-16(13-29-21)11-14-1-6-20(24)19(23)12-14/h1-6,12-13,18H,7-11H2. The summed E-state index contributed by atoms with van der Waals surface area (Å²) in [5.74, 6) is -0.434. The first-order valence-corrected chi connectivity index (χ1v) is 12.6. The Morgan fingerprint density at radius 2 is 1.80 bits per heavy atom. The molecular weight excluding hydrogens is 466 g/mol. The van der Waals surface area contributed by atoms with Gasteiger partial charge in [-0.05, 0) is 54.8 Å². The summed E-state index contributed by atoms with van der Waals surface area (Å²) in [5, 5.41) is 3.07. The second-order valence-corrected chi connectivity index (χ2v) is 11.1. The summed E-state index contributed by atoms with van der Waals surface area (Å²) >= 11 is 13.3. The molecule has 3 aromatic rings. The minimum atomic E-state index is -3.37. The molecule has 0 spiro atoms. The van der Waals surface area contributed by atoms with Crippen molar-refractivity contribution in [3.05, 3.63) is 75.0 Å². The van der Waals surface area contributed by atoms with Gasteiger partial charge in [0.2, 0.25) is 0 Å². The van der Waals surface area contributed by atoms with E-state index in [4.69, 9.17) is 23.2 Å². The van der Waals surface area contributed by atoms with E-state index in [2.05, 4.69) is 9.88 Å². The number of benzene rings is 2. The highest BCUT2D eigenvalue weighted by Crippen LogP contribution is 2.30. The SMILES string of the molecule is O=S(=O)(c1ccc(Cl)cc1)C1CCN(c2nc(Cc3ccc(F)c(Cl)c3)cs2)CC1. The fourth-order valence-corrected chi connectivity index (χ4v) is 6.50. The maximum absolute atomic E-state index is 13.3. The molecule has 0 radical (unpaired) electrons. The zero-order chi connectivity index (χ0) is 21.3. The minimum Gasteiger partial charge on any atom is -0.348 e. The molecule has 158 valence electrons. The summed E-state index contributed by atoms with van der Waals surface area (Å²) in [7, 11) is -3.37. The first kappa shape index (κ1) is 21.6. The zero-order valence-electron chi connectivity index (χ0n) is 15.9. The molecule has 2 aromatic carbocycles. The first-order chi connectivity index (χ1) is 14.3. The minimum absolute atomic E-state index is 0.104. The van der Waals surface area contributed by atoms with E-state index in [9.17, 15) is 12.8 Å². The van der Waals surface area contributed by atoms with Crippen LogP contribution >= 0.6 is 34.5 Å². The highest BCUT2D eigenvalue weighted by atomic mass is 35.5. The Balaban J connectivity index is 1.40. The second-order valence-electron chi connectivity index (χ2n) is 7.23. The molecule has 1 aliphatic rings. The van der Waals surface area contributed by atoms with Crippen molar-refractivity contribution in [2.45, 2.75) is 29.4 Å². The summed E-state index contributed by atoms with van der Waals surface area (Å²) in [6, 6.07) is 11.0. The Labute approximate surface area is 189 Å². The smallest absolute Gasteiger partial charge is 0.185 e. The number of hydrogen-bond acceptors (Lipinski definition) is 5. The lowest BCUT2D eigenvalue weighted by Crippen LogP contribution is -2.39. The van der Waals surface area contributed by atoms with Gasteiger partial charge in [-0.3, -0.25) is 0 Å². The van der Waals surface area contributed by atoms with Gasteiger partial charge >= 0.3 is 0 Å². The number of halogens is 3. The van der Waals surface area contributed by atoms with Crippen molar-refractivity contribution in [1.29, 1.82) is 0 Å². The molecule has 0 saturated carbocycles. The lowest BCUT2D eigenvalue weighted by Gasteiger charge is -2.31. The Morgan fingerprint density at radius 3 is 2.47 bits per heavy atom. The van der Waals surface area contributed by atoms with Crippen molar-refractivity contribution < 1.29 is 12.8 Å². The van der Waals surface area contributed by atoms with E-state index in [1.54, 1.807) is 36.4 Å². The van der Waals surface area contributed by atoms with Gasteiger partial charge in [0.1, 0.15) is 5.82 Å². The molecule has 0 amide bonds. The maximum atomic E-state index is 13.3. The number of rotatable bonds is 5. The maximum Gasteiger partial charge on any atom is 0.185 e. The van der Waals surface area contributed by atoms with Crippen LogP contribution < -0.4 is 4.90 Å². The summed E-state index contributed by atoms with van der Waals surface area (Å²) < 4.78 is 39.1. The lowest BCUT2D eigenvalue weighted by molar-refractivity contribution is 0.529. The number of sulfone groups is 1. The van der Waals surface area contributed by atoms with Crippen LogP contribution in [0, 0.1) is 5.82 Å². The first-order valence-electron chi connectivity index (χ1n) is 9.45. The largest absolute Gasteiger partial charge is 0.348 e. The Hall–Kier alpha value is -1.67.